The molecule has 0 aromatic heterocycles. The Balaban J connectivity index is 2.12. The summed E-state index contributed by atoms with van der Waals surface area (Å²) in [5, 5.41) is 8.67. The van der Waals surface area contributed by atoms with Crippen molar-refractivity contribution in [2.24, 2.45) is 0 Å². The van der Waals surface area contributed by atoms with E-state index >= 15 is 0 Å². The zero-order valence-electron chi connectivity index (χ0n) is 10.0. The Morgan fingerprint density at radius 2 is 1.39 bits per heavy atom. The molecule has 0 aliphatic heterocycles. The summed E-state index contributed by atoms with van der Waals surface area (Å²) in [6.07, 6.45) is 4.61. The van der Waals surface area contributed by atoms with Crippen molar-refractivity contribution < 1.29 is 5.11 Å². The third kappa shape index (κ3) is 3.56. The van der Waals surface area contributed by atoms with E-state index in [0.29, 0.717) is 0 Å². The molecular formula is C16H15BrO. The van der Waals surface area contributed by atoms with Gasteiger partial charge in [-0.15, -0.1) is 0 Å². The first-order valence-corrected chi connectivity index (χ1v) is 6.69. The van der Waals surface area contributed by atoms with Gasteiger partial charge in [0.2, 0.25) is 0 Å². The van der Waals surface area contributed by atoms with E-state index in [-0.39, 0.29) is 6.61 Å². The molecule has 0 atom stereocenters. The van der Waals surface area contributed by atoms with Gasteiger partial charge in [-0.05, 0) is 35.2 Å². The summed E-state index contributed by atoms with van der Waals surface area (Å²) in [6.45, 7) is 0.108. The van der Waals surface area contributed by atoms with Crippen LogP contribution in [0.4, 0.5) is 0 Å². The molecule has 1 nitrogen and oxygen atoms in total. The second kappa shape index (κ2) is 6.53. The van der Waals surface area contributed by atoms with Crippen LogP contribution in [-0.2, 0) is 6.42 Å². The predicted octanol–water partition coefficient (Wildman–Crippen LogP) is 4.21. The Morgan fingerprint density at radius 1 is 0.833 bits per heavy atom. The second-order valence-electron chi connectivity index (χ2n) is 4.06. The van der Waals surface area contributed by atoms with Crippen LogP contribution in [0.3, 0.4) is 0 Å². The quantitative estimate of drug-likeness (QED) is 0.839. The number of aliphatic hydroxyl groups excluding tert-OH is 1. The molecule has 0 spiro atoms. The van der Waals surface area contributed by atoms with E-state index in [1.165, 1.54) is 16.7 Å². The monoisotopic (exact) mass is 302 g/mol. The molecule has 0 fully saturated rings. The van der Waals surface area contributed by atoms with Gasteiger partial charge in [-0.2, -0.15) is 0 Å². The zero-order valence-corrected chi connectivity index (χ0v) is 11.6. The predicted molar refractivity (Wildman–Crippen MR) is 79.5 cm³/mol. The van der Waals surface area contributed by atoms with Crippen LogP contribution < -0.4 is 0 Å². The molecule has 2 aromatic rings. The molecule has 2 heteroatoms. The number of aliphatic hydroxyl groups is 1. The molecule has 92 valence electrons. The minimum Gasteiger partial charge on any atom is -0.392 e. The maximum atomic E-state index is 8.67. The SMILES string of the molecule is OC/C=C/Cc1ccc(-c2ccc(Br)cc2)cc1. The van der Waals surface area contributed by atoms with Crippen molar-refractivity contribution in [3.8, 4) is 11.1 Å². The van der Waals surface area contributed by atoms with Gasteiger partial charge in [0.05, 0.1) is 6.61 Å². The smallest absolute Gasteiger partial charge is 0.0612 e. The minimum absolute atomic E-state index is 0.108. The van der Waals surface area contributed by atoms with Crippen molar-refractivity contribution in [2.75, 3.05) is 6.61 Å². The van der Waals surface area contributed by atoms with Crippen molar-refractivity contribution in [1.29, 1.82) is 0 Å². The van der Waals surface area contributed by atoms with E-state index in [1.807, 2.05) is 18.2 Å². The molecule has 2 rings (SSSR count). The van der Waals surface area contributed by atoms with Crippen molar-refractivity contribution in [1.82, 2.24) is 0 Å². The van der Waals surface area contributed by atoms with E-state index < -0.39 is 0 Å². The number of hydrogen-bond donors (Lipinski definition) is 1. The molecule has 1 N–H and O–H groups in total. The van der Waals surface area contributed by atoms with Crippen LogP contribution in [0.15, 0.2) is 65.2 Å². The Kier molecular flexibility index (Phi) is 4.73. The summed E-state index contributed by atoms with van der Waals surface area (Å²) in [5.74, 6) is 0. The molecule has 0 heterocycles. The van der Waals surface area contributed by atoms with Crippen LogP contribution in [-0.4, -0.2) is 11.7 Å². The molecule has 0 aliphatic rings. The minimum atomic E-state index is 0.108. The molecule has 0 amide bonds. The maximum absolute atomic E-state index is 8.67. The maximum Gasteiger partial charge on any atom is 0.0612 e. The number of halogens is 1. The normalized spacial score (nSPS) is 11.0. The number of allylic oxidation sites excluding steroid dienone is 1. The summed E-state index contributed by atoms with van der Waals surface area (Å²) in [7, 11) is 0. The highest BCUT2D eigenvalue weighted by molar-refractivity contribution is 9.10. The lowest BCUT2D eigenvalue weighted by Gasteiger charge is -2.03. The molecule has 0 bridgehead atoms. The van der Waals surface area contributed by atoms with Gasteiger partial charge >= 0.3 is 0 Å². The van der Waals surface area contributed by atoms with Crippen LogP contribution in [0.2, 0.25) is 0 Å². The molecule has 0 unspecified atom stereocenters. The fourth-order valence-electron chi connectivity index (χ4n) is 1.77. The first-order chi connectivity index (χ1) is 8.79. The molecule has 2 aromatic carbocycles. The third-order valence-corrected chi connectivity index (χ3v) is 3.29. The Hall–Kier alpha value is -1.38. The van der Waals surface area contributed by atoms with E-state index in [1.54, 1.807) is 6.08 Å². The molecule has 0 radical (unpaired) electrons. The number of rotatable bonds is 4. The van der Waals surface area contributed by atoms with Gasteiger partial charge in [0.25, 0.3) is 0 Å². The highest BCUT2D eigenvalue weighted by atomic mass is 79.9. The van der Waals surface area contributed by atoms with E-state index in [4.69, 9.17) is 5.11 Å². The van der Waals surface area contributed by atoms with Gasteiger partial charge < -0.3 is 5.11 Å². The molecule has 0 aliphatic carbocycles. The lowest BCUT2D eigenvalue weighted by molar-refractivity contribution is 0.342. The Labute approximate surface area is 116 Å². The molecule has 18 heavy (non-hydrogen) atoms. The fourth-order valence-corrected chi connectivity index (χ4v) is 2.03. The van der Waals surface area contributed by atoms with Crippen molar-refractivity contribution in [3.05, 3.63) is 70.7 Å². The van der Waals surface area contributed by atoms with E-state index in [0.717, 1.165) is 10.9 Å². The standard InChI is InChI=1S/C16H15BrO/c17-16-10-8-15(9-11-16)14-6-4-13(5-7-14)3-1-2-12-18/h1-2,4-11,18H,3,12H2/b2-1+. The van der Waals surface area contributed by atoms with E-state index in [9.17, 15) is 0 Å². The Morgan fingerprint density at radius 3 is 1.94 bits per heavy atom. The van der Waals surface area contributed by atoms with Crippen molar-refractivity contribution in [2.45, 2.75) is 6.42 Å². The van der Waals surface area contributed by atoms with E-state index in [2.05, 4.69) is 52.3 Å². The lowest BCUT2D eigenvalue weighted by Crippen LogP contribution is -1.83. The largest absolute Gasteiger partial charge is 0.392 e. The summed E-state index contributed by atoms with van der Waals surface area (Å²) < 4.78 is 1.09. The van der Waals surface area contributed by atoms with Crippen molar-refractivity contribution >= 4 is 15.9 Å². The van der Waals surface area contributed by atoms with Gasteiger partial charge in [-0.3, -0.25) is 0 Å². The highest BCUT2D eigenvalue weighted by Gasteiger charge is 1.97. The molecule has 0 saturated carbocycles. The Bertz CT molecular complexity index is 512. The zero-order chi connectivity index (χ0) is 12.8. The van der Waals surface area contributed by atoms with Crippen LogP contribution >= 0.6 is 15.9 Å². The average molecular weight is 303 g/mol. The van der Waals surface area contributed by atoms with Gasteiger partial charge in [-0.1, -0.05) is 64.5 Å². The van der Waals surface area contributed by atoms with Crippen LogP contribution in [0.25, 0.3) is 11.1 Å². The van der Waals surface area contributed by atoms with Crippen LogP contribution in [0.5, 0.6) is 0 Å². The van der Waals surface area contributed by atoms with Gasteiger partial charge in [0, 0.05) is 4.47 Å². The summed E-state index contributed by atoms with van der Waals surface area (Å²) in [5.41, 5.74) is 3.69. The van der Waals surface area contributed by atoms with Crippen molar-refractivity contribution in [3.63, 3.8) is 0 Å². The first-order valence-electron chi connectivity index (χ1n) is 5.90. The summed E-state index contributed by atoms with van der Waals surface area (Å²) >= 11 is 3.44. The summed E-state index contributed by atoms with van der Waals surface area (Å²) in [6, 6.07) is 16.8. The third-order valence-electron chi connectivity index (χ3n) is 2.76. The first kappa shape index (κ1) is 13.1. The van der Waals surface area contributed by atoms with Crippen LogP contribution in [0, 0.1) is 0 Å². The van der Waals surface area contributed by atoms with Gasteiger partial charge in [-0.25, -0.2) is 0 Å². The molecular weight excluding hydrogens is 288 g/mol. The van der Waals surface area contributed by atoms with Crippen LogP contribution in [0.1, 0.15) is 5.56 Å². The highest BCUT2D eigenvalue weighted by Crippen LogP contribution is 2.22. The summed E-state index contributed by atoms with van der Waals surface area (Å²) in [4.78, 5) is 0. The second-order valence-corrected chi connectivity index (χ2v) is 4.98. The van der Waals surface area contributed by atoms with Gasteiger partial charge in [0.15, 0.2) is 0 Å². The number of hydrogen-bond acceptors (Lipinski definition) is 1. The van der Waals surface area contributed by atoms with Gasteiger partial charge in [0.1, 0.15) is 0 Å². The molecule has 0 saturated heterocycles. The average Bonchev–Trinajstić information content (AvgIpc) is 2.41. The topological polar surface area (TPSA) is 20.2 Å². The lowest BCUT2D eigenvalue weighted by atomic mass is 10.0. The number of benzene rings is 2. The fraction of sp³-hybridized carbons (Fsp3) is 0.125.